The first-order valence-electron chi connectivity index (χ1n) is 10.4. The molecule has 31 heavy (non-hydrogen) atoms. The molecule has 0 radical (unpaired) electrons. The molecule has 2 aliphatic rings. The van der Waals surface area contributed by atoms with Crippen molar-refractivity contribution in [3.05, 3.63) is 76.0 Å². The van der Waals surface area contributed by atoms with Gasteiger partial charge in [0.1, 0.15) is 5.75 Å². The number of ketones is 1. The van der Waals surface area contributed by atoms with Crippen LogP contribution < -0.4 is 10.1 Å². The molecule has 2 aromatic carbocycles. The van der Waals surface area contributed by atoms with Crippen LogP contribution in [-0.2, 0) is 4.79 Å². The number of hydrogen-bond acceptors (Lipinski definition) is 4. The molecule has 0 spiro atoms. The number of aromatic amines is 1. The van der Waals surface area contributed by atoms with Crippen LogP contribution >= 0.6 is 11.6 Å². The maximum Gasteiger partial charge on any atom is 0.162 e. The Hall–Kier alpha value is -3.05. The Morgan fingerprint density at radius 2 is 1.77 bits per heavy atom. The maximum atomic E-state index is 13.4. The summed E-state index contributed by atoms with van der Waals surface area (Å²) in [6.07, 6.45) is 1.34. The quantitative estimate of drug-likeness (QED) is 0.536. The molecule has 1 aromatic heterocycles. The smallest absolute Gasteiger partial charge is 0.162 e. The number of aromatic nitrogens is 2. The molecule has 2 heterocycles. The molecule has 1 unspecified atom stereocenters. The summed E-state index contributed by atoms with van der Waals surface area (Å²) in [5, 5.41) is 11.9. The van der Waals surface area contributed by atoms with Crippen molar-refractivity contribution >= 4 is 23.2 Å². The Bertz CT molecular complexity index is 1190. The summed E-state index contributed by atoms with van der Waals surface area (Å²) in [5.74, 6) is 1.54. The molecule has 0 saturated carbocycles. The van der Waals surface area contributed by atoms with Crippen LogP contribution in [0, 0.1) is 5.41 Å². The summed E-state index contributed by atoms with van der Waals surface area (Å²) >= 11 is 6.10. The summed E-state index contributed by atoms with van der Waals surface area (Å²) < 4.78 is 5.35. The van der Waals surface area contributed by atoms with Crippen LogP contribution in [-0.4, -0.2) is 23.1 Å². The van der Waals surface area contributed by atoms with E-state index < -0.39 is 0 Å². The van der Waals surface area contributed by atoms with Gasteiger partial charge in [0.25, 0.3) is 0 Å². The van der Waals surface area contributed by atoms with Crippen molar-refractivity contribution in [3.63, 3.8) is 0 Å². The van der Waals surface area contributed by atoms with E-state index in [9.17, 15) is 4.79 Å². The number of nitrogens with one attached hydrogen (secondary N) is 2. The molecule has 5 rings (SSSR count). The van der Waals surface area contributed by atoms with Gasteiger partial charge in [-0.05, 0) is 41.7 Å². The lowest BCUT2D eigenvalue weighted by Crippen LogP contribution is -2.33. The average molecular weight is 434 g/mol. The first kappa shape index (κ1) is 19.9. The van der Waals surface area contributed by atoms with Gasteiger partial charge in [-0.15, -0.1) is 0 Å². The van der Waals surface area contributed by atoms with Gasteiger partial charge in [0.2, 0.25) is 0 Å². The van der Waals surface area contributed by atoms with Crippen molar-refractivity contribution in [2.24, 2.45) is 5.41 Å². The molecular weight excluding hydrogens is 410 g/mol. The number of fused-ring (bicyclic) bond motifs is 1. The predicted octanol–water partition coefficient (Wildman–Crippen LogP) is 5.94. The van der Waals surface area contributed by atoms with Crippen molar-refractivity contribution < 1.29 is 9.53 Å². The van der Waals surface area contributed by atoms with Gasteiger partial charge in [-0.25, -0.2) is 0 Å². The molecule has 6 heteroatoms. The van der Waals surface area contributed by atoms with E-state index in [0.29, 0.717) is 11.4 Å². The van der Waals surface area contributed by atoms with Gasteiger partial charge in [-0.3, -0.25) is 9.89 Å². The van der Waals surface area contributed by atoms with Gasteiger partial charge in [-0.1, -0.05) is 49.7 Å². The van der Waals surface area contributed by atoms with Gasteiger partial charge in [0.05, 0.1) is 12.8 Å². The fourth-order valence-corrected chi connectivity index (χ4v) is 4.89. The Morgan fingerprint density at radius 1 is 1.06 bits per heavy atom. The Morgan fingerprint density at radius 3 is 2.45 bits per heavy atom. The summed E-state index contributed by atoms with van der Waals surface area (Å²) in [7, 11) is 1.65. The number of allylic oxidation sites excluding steroid dienone is 2. The van der Waals surface area contributed by atoms with Crippen molar-refractivity contribution in [2.45, 2.75) is 32.6 Å². The largest absolute Gasteiger partial charge is 0.497 e. The molecule has 0 saturated heterocycles. The van der Waals surface area contributed by atoms with Gasteiger partial charge < -0.3 is 10.1 Å². The minimum atomic E-state index is -0.204. The second kappa shape index (κ2) is 7.27. The minimum absolute atomic E-state index is 0.0831. The van der Waals surface area contributed by atoms with E-state index in [1.165, 1.54) is 0 Å². The molecule has 1 aliphatic heterocycles. The standard InChI is InChI=1S/C25H24ClN3O2/c1-25(2)12-18-21(19(30)13-25)20(14-6-10-17(31-3)11-7-14)22-23(28-29-24(22)27-18)15-4-8-16(26)9-5-15/h4-11,20H,12-13H2,1-3H3,(H2,27,28,29). The molecular formula is C25H24ClN3O2. The first-order chi connectivity index (χ1) is 14.9. The van der Waals surface area contributed by atoms with Crippen LogP contribution in [0.15, 0.2) is 59.8 Å². The number of nitrogens with zero attached hydrogens (tertiary/aromatic N) is 1. The molecule has 3 aromatic rings. The number of Topliss-reactive ketones (excluding diaryl/α,β-unsaturated/α-hetero) is 1. The number of carbonyl (C=O) groups excluding carboxylic acids is 1. The van der Waals surface area contributed by atoms with Gasteiger partial charge >= 0.3 is 0 Å². The van der Waals surface area contributed by atoms with E-state index in [-0.39, 0.29) is 17.1 Å². The normalized spacial score (nSPS) is 19.5. The number of benzene rings is 2. The third-order valence-electron chi connectivity index (χ3n) is 6.15. The maximum absolute atomic E-state index is 13.4. The van der Waals surface area contributed by atoms with E-state index in [4.69, 9.17) is 16.3 Å². The van der Waals surface area contributed by atoms with Crippen molar-refractivity contribution in [2.75, 3.05) is 12.4 Å². The monoisotopic (exact) mass is 433 g/mol. The molecule has 0 bridgehead atoms. The van der Waals surface area contributed by atoms with Crippen LogP contribution in [0.3, 0.4) is 0 Å². The minimum Gasteiger partial charge on any atom is -0.497 e. The second-order valence-electron chi connectivity index (χ2n) is 9.03. The Labute approximate surface area is 186 Å². The fraction of sp³-hybridized carbons (Fsp3) is 0.280. The average Bonchev–Trinajstić information content (AvgIpc) is 3.15. The van der Waals surface area contributed by atoms with Crippen LogP contribution in [0.1, 0.15) is 43.7 Å². The third kappa shape index (κ3) is 3.43. The summed E-state index contributed by atoms with van der Waals surface area (Å²) in [4.78, 5) is 13.4. The lowest BCUT2D eigenvalue weighted by atomic mass is 9.69. The number of H-pyrrole nitrogens is 1. The number of methoxy groups -OCH3 is 1. The van der Waals surface area contributed by atoms with E-state index >= 15 is 0 Å². The number of halogens is 1. The summed E-state index contributed by atoms with van der Waals surface area (Å²) in [5.41, 5.74) is 5.63. The van der Waals surface area contributed by atoms with Gasteiger partial charge in [-0.2, -0.15) is 5.10 Å². The molecule has 158 valence electrons. The highest BCUT2D eigenvalue weighted by molar-refractivity contribution is 6.30. The highest BCUT2D eigenvalue weighted by Gasteiger charge is 2.42. The predicted molar refractivity (Wildman–Crippen MR) is 123 cm³/mol. The Kier molecular flexibility index (Phi) is 4.67. The van der Waals surface area contributed by atoms with Crippen molar-refractivity contribution in [1.82, 2.24) is 10.2 Å². The van der Waals surface area contributed by atoms with E-state index in [1.54, 1.807) is 7.11 Å². The molecule has 0 amide bonds. The molecule has 1 atom stereocenters. The molecule has 1 aliphatic carbocycles. The molecule has 5 nitrogen and oxygen atoms in total. The highest BCUT2D eigenvalue weighted by Crippen LogP contribution is 2.51. The van der Waals surface area contributed by atoms with Crippen molar-refractivity contribution in [1.29, 1.82) is 0 Å². The first-order valence-corrected chi connectivity index (χ1v) is 10.8. The van der Waals surface area contributed by atoms with E-state index in [1.807, 2.05) is 48.5 Å². The summed E-state index contributed by atoms with van der Waals surface area (Å²) in [6.45, 7) is 4.27. The van der Waals surface area contributed by atoms with Crippen LogP contribution in [0.4, 0.5) is 5.82 Å². The lowest BCUT2D eigenvalue weighted by molar-refractivity contribution is -0.118. The van der Waals surface area contributed by atoms with Crippen LogP contribution in [0.5, 0.6) is 5.75 Å². The van der Waals surface area contributed by atoms with Gasteiger partial charge in [0.15, 0.2) is 11.6 Å². The van der Waals surface area contributed by atoms with E-state index in [0.717, 1.165) is 51.6 Å². The zero-order chi connectivity index (χ0) is 21.8. The fourth-order valence-electron chi connectivity index (χ4n) is 4.76. The lowest BCUT2D eigenvalue weighted by Gasteiger charge is -2.38. The second-order valence-corrected chi connectivity index (χ2v) is 9.47. The molecule has 2 N–H and O–H groups in total. The number of anilines is 1. The summed E-state index contributed by atoms with van der Waals surface area (Å²) in [6, 6.07) is 15.6. The number of carbonyl (C=O) groups is 1. The van der Waals surface area contributed by atoms with Gasteiger partial charge in [0, 0.05) is 39.8 Å². The topological polar surface area (TPSA) is 67.0 Å². The zero-order valence-electron chi connectivity index (χ0n) is 17.8. The number of rotatable bonds is 3. The highest BCUT2D eigenvalue weighted by atomic mass is 35.5. The van der Waals surface area contributed by atoms with Crippen LogP contribution in [0.2, 0.25) is 5.02 Å². The van der Waals surface area contributed by atoms with E-state index in [2.05, 4.69) is 29.4 Å². The Balaban J connectivity index is 1.71. The van der Waals surface area contributed by atoms with Crippen LogP contribution in [0.25, 0.3) is 11.3 Å². The SMILES string of the molecule is COc1ccc(C2C3=C(CC(C)(C)CC3=O)Nc3n[nH]c(-c4ccc(Cl)cc4)c32)cc1. The zero-order valence-corrected chi connectivity index (χ0v) is 18.5. The third-order valence-corrected chi connectivity index (χ3v) is 6.40. The molecule has 0 fully saturated rings. The van der Waals surface area contributed by atoms with Crippen molar-refractivity contribution in [3.8, 4) is 17.0 Å². The number of ether oxygens (including phenoxy) is 1. The number of hydrogen-bond donors (Lipinski definition) is 2.